The van der Waals surface area contributed by atoms with Crippen molar-refractivity contribution in [2.75, 3.05) is 6.54 Å². The molecule has 0 bridgehead atoms. The Labute approximate surface area is 41.4 Å². The van der Waals surface area contributed by atoms with Crippen molar-refractivity contribution >= 4 is 5.97 Å². The lowest BCUT2D eigenvalue weighted by Crippen LogP contribution is -2.10. The second kappa shape index (κ2) is 2.36. The fourth-order valence-electron chi connectivity index (χ4n) is 0.0873. The fraction of sp³-hybridized carbons (Fsp3) is 0.250. The number of hydrogen-bond acceptors (Lipinski definition) is 2. The van der Waals surface area contributed by atoms with Crippen LogP contribution in [0.1, 0.15) is 0 Å². The summed E-state index contributed by atoms with van der Waals surface area (Å²) in [6.45, 7) is 3.17. The maximum atomic E-state index is 9.75. The second-order valence-corrected chi connectivity index (χ2v) is 1.11. The van der Waals surface area contributed by atoms with Gasteiger partial charge in [-0.1, -0.05) is 6.58 Å². The summed E-state index contributed by atoms with van der Waals surface area (Å²) < 4.78 is 0. The molecule has 0 unspecified atom stereocenters. The number of nitrogens with two attached hydrogens (primary N) is 1. The molecule has 0 aliphatic carbocycles. The highest BCUT2D eigenvalue weighted by atomic mass is 16.4. The minimum atomic E-state index is -1.03. The number of aliphatic carboxylic acids is 1. The third-order valence-corrected chi connectivity index (χ3v) is 0.549. The molecule has 0 saturated carbocycles. The van der Waals surface area contributed by atoms with E-state index in [1.54, 1.807) is 0 Å². The minimum Gasteiger partial charge on any atom is -0.478 e. The molecule has 0 aromatic heterocycles. The van der Waals surface area contributed by atoms with Crippen LogP contribution in [0.2, 0.25) is 0 Å². The van der Waals surface area contributed by atoms with Crippen LogP contribution < -0.4 is 5.73 Å². The Kier molecular flexibility index (Phi) is 2.08. The normalized spacial score (nSPS) is 8.14. The summed E-state index contributed by atoms with van der Waals surface area (Å²) in [6.07, 6.45) is 0. The molecule has 0 amide bonds. The molecule has 0 atom stereocenters. The zero-order chi connectivity index (χ0) is 5.86. The minimum absolute atomic E-state index is 0.0231. The average Bonchev–Trinajstić information content (AvgIpc) is 1.65. The van der Waals surface area contributed by atoms with Crippen LogP contribution in [-0.2, 0) is 4.79 Å². The van der Waals surface area contributed by atoms with Crippen LogP contribution in [0.4, 0.5) is 0 Å². The van der Waals surface area contributed by atoms with Gasteiger partial charge < -0.3 is 10.8 Å². The molecule has 0 heterocycles. The summed E-state index contributed by atoms with van der Waals surface area (Å²) in [7, 11) is 0. The molecule has 0 saturated heterocycles. The van der Waals surface area contributed by atoms with E-state index >= 15 is 0 Å². The van der Waals surface area contributed by atoms with Crippen LogP contribution in [0.5, 0.6) is 0 Å². The number of hydrogen-bond donors (Lipinski definition) is 2. The van der Waals surface area contributed by atoms with Crippen molar-refractivity contribution in [1.82, 2.24) is 0 Å². The van der Waals surface area contributed by atoms with Crippen molar-refractivity contribution in [1.29, 1.82) is 0 Å². The smallest absolute Gasteiger partial charge is 0.332 e. The van der Waals surface area contributed by atoms with Crippen molar-refractivity contribution in [2.45, 2.75) is 0 Å². The van der Waals surface area contributed by atoms with Gasteiger partial charge in [-0.05, 0) is 0 Å². The maximum absolute atomic E-state index is 9.75. The molecule has 7 heavy (non-hydrogen) atoms. The van der Waals surface area contributed by atoms with Gasteiger partial charge in [0.1, 0.15) is 0 Å². The fourth-order valence-corrected chi connectivity index (χ4v) is 0.0873. The van der Waals surface area contributed by atoms with Gasteiger partial charge in [-0.25, -0.2) is 4.79 Å². The lowest BCUT2D eigenvalue weighted by Gasteiger charge is -1.88. The van der Waals surface area contributed by atoms with Gasteiger partial charge >= 0.3 is 5.97 Å². The van der Waals surface area contributed by atoms with E-state index in [9.17, 15) is 4.79 Å². The Morgan fingerprint density at radius 1 is 1.86 bits per heavy atom. The molecule has 0 spiro atoms. The zero-order valence-electron chi connectivity index (χ0n) is 3.85. The van der Waals surface area contributed by atoms with Gasteiger partial charge in [-0.15, -0.1) is 0 Å². The summed E-state index contributed by atoms with van der Waals surface area (Å²) in [5, 5.41) is 8.00. The predicted molar refractivity (Wildman–Crippen MR) is 25.8 cm³/mol. The number of rotatable bonds is 2. The van der Waals surface area contributed by atoms with Crippen LogP contribution in [0.25, 0.3) is 0 Å². The SMILES string of the molecule is C=C(CN)C(=O)O. The molecular formula is C4H7NO2. The first-order valence-electron chi connectivity index (χ1n) is 1.79. The molecule has 0 fully saturated rings. The summed E-state index contributed by atoms with van der Waals surface area (Å²) in [4.78, 5) is 9.75. The second-order valence-electron chi connectivity index (χ2n) is 1.11. The van der Waals surface area contributed by atoms with Crippen LogP contribution in [0.15, 0.2) is 12.2 Å². The van der Waals surface area contributed by atoms with Gasteiger partial charge in [-0.3, -0.25) is 0 Å². The van der Waals surface area contributed by atoms with Crippen LogP contribution in [0, 0.1) is 0 Å². The van der Waals surface area contributed by atoms with E-state index in [1.165, 1.54) is 0 Å². The number of carboxylic acid groups (broad SMARTS) is 1. The molecule has 0 aliphatic heterocycles. The molecule has 0 rings (SSSR count). The summed E-state index contributed by atoms with van der Waals surface area (Å²) in [6, 6.07) is 0. The number of carboxylic acids is 1. The first kappa shape index (κ1) is 6.17. The highest BCUT2D eigenvalue weighted by Gasteiger charge is 1.96. The van der Waals surface area contributed by atoms with Gasteiger partial charge in [0, 0.05) is 12.1 Å². The van der Waals surface area contributed by atoms with Gasteiger partial charge in [0.15, 0.2) is 0 Å². The lowest BCUT2D eigenvalue weighted by atomic mass is 10.3. The van der Waals surface area contributed by atoms with Crippen molar-refractivity contribution in [3.8, 4) is 0 Å². The summed E-state index contributed by atoms with van der Waals surface area (Å²) in [5.74, 6) is -1.03. The van der Waals surface area contributed by atoms with E-state index in [0.29, 0.717) is 0 Å². The average molecular weight is 101 g/mol. The summed E-state index contributed by atoms with van der Waals surface area (Å²) in [5.41, 5.74) is 4.93. The molecule has 0 aliphatic rings. The topological polar surface area (TPSA) is 63.3 Å². The van der Waals surface area contributed by atoms with E-state index in [-0.39, 0.29) is 12.1 Å². The molecule has 0 aromatic rings. The van der Waals surface area contributed by atoms with Crippen molar-refractivity contribution < 1.29 is 9.90 Å². The number of carbonyl (C=O) groups is 1. The van der Waals surface area contributed by atoms with Gasteiger partial charge in [0.2, 0.25) is 0 Å². The Morgan fingerprint density at radius 2 is 2.29 bits per heavy atom. The molecule has 3 heteroatoms. The maximum Gasteiger partial charge on any atom is 0.332 e. The highest BCUT2D eigenvalue weighted by molar-refractivity contribution is 5.86. The first-order valence-corrected chi connectivity index (χ1v) is 1.79. The lowest BCUT2D eigenvalue weighted by molar-refractivity contribution is -0.132. The van der Waals surface area contributed by atoms with Crippen molar-refractivity contribution in [2.24, 2.45) is 5.73 Å². The Balaban J connectivity index is 3.58. The Bertz CT molecular complexity index is 97.9. The van der Waals surface area contributed by atoms with Crippen LogP contribution >= 0.6 is 0 Å². The van der Waals surface area contributed by atoms with E-state index in [1.807, 2.05) is 0 Å². The zero-order valence-corrected chi connectivity index (χ0v) is 3.85. The van der Waals surface area contributed by atoms with Crippen LogP contribution in [-0.4, -0.2) is 17.6 Å². The van der Waals surface area contributed by atoms with Crippen molar-refractivity contribution in [3.05, 3.63) is 12.2 Å². The van der Waals surface area contributed by atoms with Crippen LogP contribution in [0.3, 0.4) is 0 Å². The largest absolute Gasteiger partial charge is 0.478 e. The molecule has 40 valence electrons. The standard InChI is InChI=1S/C4H7NO2/c1-3(2-5)4(6)7/h1-2,5H2,(H,6,7). The quantitative estimate of drug-likeness (QED) is 0.464. The molecule has 3 nitrogen and oxygen atoms in total. The predicted octanol–water partition coefficient (Wildman–Crippen LogP) is -0.414. The third-order valence-electron chi connectivity index (χ3n) is 0.549. The highest BCUT2D eigenvalue weighted by Crippen LogP contribution is 1.81. The molecule has 0 aromatic carbocycles. The molecule has 3 N–H and O–H groups in total. The van der Waals surface area contributed by atoms with Gasteiger partial charge in [-0.2, -0.15) is 0 Å². The third kappa shape index (κ3) is 1.94. The Morgan fingerprint density at radius 3 is 2.29 bits per heavy atom. The molecular weight excluding hydrogens is 94.0 g/mol. The van der Waals surface area contributed by atoms with E-state index < -0.39 is 5.97 Å². The summed E-state index contributed by atoms with van der Waals surface area (Å²) >= 11 is 0. The first-order chi connectivity index (χ1) is 3.18. The van der Waals surface area contributed by atoms with Gasteiger partial charge in [0.05, 0.1) is 0 Å². The molecule has 0 radical (unpaired) electrons. The van der Waals surface area contributed by atoms with E-state index in [0.717, 1.165) is 0 Å². The monoisotopic (exact) mass is 101 g/mol. The van der Waals surface area contributed by atoms with Gasteiger partial charge in [0.25, 0.3) is 0 Å². The van der Waals surface area contributed by atoms with E-state index in [4.69, 9.17) is 10.8 Å². The Hall–Kier alpha value is -0.830. The van der Waals surface area contributed by atoms with E-state index in [2.05, 4.69) is 6.58 Å². The van der Waals surface area contributed by atoms with Crippen molar-refractivity contribution in [3.63, 3.8) is 0 Å².